The summed E-state index contributed by atoms with van der Waals surface area (Å²) < 4.78 is 5.29. The van der Waals surface area contributed by atoms with Crippen LogP contribution in [0.3, 0.4) is 0 Å². The molecule has 6 atom stereocenters. The van der Waals surface area contributed by atoms with Crippen LogP contribution >= 0.6 is 11.8 Å². The Labute approximate surface area is 865 Å². The van der Waals surface area contributed by atoms with Gasteiger partial charge in [-0.2, -0.15) is 30.6 Å². The number of nitrogens with one attached hydrogen (secondary N) is 6. The van der Waals surface area contributed by atoms with E-state index in [1.807, 2.05) is 19.1 Å². The van der Waals surface area contributed by atoms with E-state index < -0.39 is 0 Å². The molecule has 0 amide bonds. The lowest BCUT2D eigenvalue weighted by atomic mass is 9.64. The number of hydrogen-bond acceptors (Lipinski definition) is 14. The summed E-state index contributed by atoms with van der Waals surface area (Å²) in [7, 11) is 1.67. The van der Waals surface area contributed by atoms with Gasteiger partial charge < -0.3 is 4.74 Å². The number of H-pyrrole nitrogens is 6. The summed E-state index contributed by atoms with van der Waals surface area (Å²) in [5.74, 6) is 2.85. The molecule has 146 heavy (non-hydrogen) atoms. The maximum Gasteiger partial charge on any atom is 0.160 e. The normalized spacial score (nSPS) is 22.2. The van der Waals surface area contributed by atoms with E-state index in [-0.39, 0.29) is 68.0 Å². The van der Waals surface area contributed by atoms with Crippen LogP contribution in [-0.2, 0) is 67.3 Å². The maximum absolute atomic E-state index is 13.2. The Balaban J connectivity index is 0.000000111. The van der Waals surface area contributed by atoms with E-state index in [2.05, 4.69) is 346 Å². The van der Waals surface area contributed by atoms with Crippen molar-refractivity contribution in [3.8, 4) is 5.75 Å². The molecule has 6 aromatic carbocycles. The zero-order valence-electron chi connectivity index (χ0n) is 90.0. The highest BCUT2D eigenvalue weighted by atomic mass is 32.2. The van der Waals surface area contributed by atoms with Crippen LogP contribution in [-0.4, -0.2) is 109 Å². The molecular formula is C126H144N12O7S. The van der Waals surface area contributed by atoms with Crippen molar-refractivity contribution in [2.45, 2.75) is 308 Å². The van der Waals surface area contributed by atoms with E-state index in [9.17, 15) is 28.8 Å². The average molecular weight is 1970 g/mol. The minimum atomic E-state index is -0.0213. The highest BCUT2D eigenvalue weighted by Crippen LogP contribution is 2.58. The van der Waals surface area contributed by atoms with Crippen LogP contribution in [0.4, 0.5) is 0 Å². The fraction of sp³-hybridized carbons (Fsp3) is 0.429. The van der Waals surface area contributed by atoms with Crippen molar-refractivity contribution in [1.82, 2.24) is 61.2 Å². The largest absolute Gasteiger partial charge is 0.497 e. The summed E-state index contributed by atoms with van der Waals surface area (Å²) in [5.41, 5.74) is 46.9. The Bertz CT molecular complexity index is 7170. The van der Waals surface area contributed by atoms with E-state index in [1.54, 1.807) is 18.9 Å². The summed E-state index contributed by atoms with van der Waals surface area (Å²) in [6.07, 6.45) is 16.7. The highest BCUT2D eigenvalue weighted by molar-refractivity contribution is 7.98. The summed E-state index contributed by atoms with van der Waals surface area (Å²) >= 11 is 1.75. The minimum absolute atomic E-state index is 0.0183. The van der Waals surface area contributed by atoms with Gasteiger partial charge in [0.1, 0.15) is 5.75 Å². The molecule has 12 aliphatic rings. The van der Waals surface area contributed by atoms with Gasteiger partial charge in [-0.1, -0.05) is 249 Å². The first-order valence-electron chi connectivity index (χ1n) is 52.5. The van der Waals surface area contributed by atoms with E-state index in [1.165, 1.54) is 122 Å². The van der Waals surface area contributed by atoms with Crippen LogP contribution in [0, 0.1) is 102 Å². The highest BCUT2D eigenvalue weighted by Gasteiger charge is 2.50. The third-order valence-corrected chi connectivity index (χ3v) is 33.8. The number of ketones is 6. The molecule has 0 radical (unpaired) electrons. The number of carbonyl (C=O) groups excluding carboxylic acids is 6. The molecule has 756 valence electrons. The number of methoxy groups -OCH3 is 1. The molecule has 6 N–H and O–H groups in total. The standard InChI is InChI=1S/C21H24N2O2.C21H24N2OS.4C21H24N2O/c1-12-18-16(23-22-12)9-14-10-21(2,3)11-17(24)19(14)20(18)13-5-7-15(25-4)8-6-13;1-12-18-15(23-22-12)9-13-10-21(2,3)11-16(24)19(13)20(18)14-7-5-6-8-17(14)25-4;1-12-6-5-7-14(8-12)20-18-13(2)22-23-16(18)9-15-10-21(3,4)11-17(24)19(15)20;3*1-12-7-5-6-8-15(12)20-18-13(2)22-23-16(18)9-14-10-21(3,4)11-17(24)19(14)20/h2*5-8,20H,9-11H2,1-4H3,(H,22,23);4*5-8,20H,9-11H2,1-4H3,(H,22,23)/t;;;2*20-;/m...10./s1. The minimum Gasteiger partial charge on any atom is -0.497 e. The Hall–Kier alpha value is -12.8. The molecule has 12 aromatic rings. The van der Waals surface area contributed by atoms with Gasteiger partial charge in [-0.15, -0.1) is 11.8 Å². The predicted molar refractivity (Wildman–Crippen MR) is 579 cm³/mol. The first-order valence-corrected chi connectivity index (χ1v) is 53.7. The van der Waals surface area contributed by atoms with Gasteiger partial charge in [0.25, 0.3) is 0 Å². The summed E-state index contributed by atoms with van der Waals surface area (Å²) in [4.78, 5) is 79.8. The Morgan fingerprint density at radius 3 is 0.753 bits per heavy atom. The van der Waals surface area contributed by atoms with Crippen LogP contribution in [0.1, 0.15) is 353 Å². The van der Waals surface area contributed by atoms with Crippen LogP contribution in [0.15, 0.2) is 217 Å². The second-order valence-electron chi connectivity index (χ2n) is 48.7. The van der Waals surface area contributed by atoms with E-state index >= 15 is 0 Å². The molecule has 4 unspecified atom stereocenters. The number of aromatic nitrogens is 12. The molecule has 19 nitrogen and oxygen atoms in total. The van der Waals surface area contributed by atoms with Gasteiger partial charge in [-0.3, -0.25) is 59.4 Å². The number of aryl methyl sites for hydroxylation is 10. The van der Waals surface area contributed by atoms with E-state index in [0.717, 1.165) is 190 Å². The third kappa shape index (κ3) is 19.6. The lowest BCUT2D eigenvalue weighted by Gasteiger charge is -2.38. The molecular weight excluding hydrogens is 1830 g/mol. The molecule has 12 aliphatic carbocycles. The zero-order valence-corrected chi connectivity index (χ0v) is 90.8. The van der Waals surface area contributed by atoms with E-state index in [4.69, 9.17) is 4.74 Å². The lowest BCUT2D eigenvalue weighted by Crippen LogP contribution is -2.32. The first-order chi connectivity index (χ1) is 69.3. The van der Waals surface area contributed by atoms with Crippen molar-refractivity contribution in [2.24, 2.45) is 32.5 Å². The summed E-state index contributed by atoms with van der Waals surface area (Å²) in [6.45, 7) is 47.2. The number of allylic oxidation sites excluding steroid dienone is 12. The number of ether oxygens (including phenoxy) is 1. The monoisotopic (exact) mass is 1970 g/mol. The topological polar surface area (TPSA) is 284 Å². The fourth-order valence-corrected chi connectivity index (χ4v) is 27.9. The van der Waals surface area contributed by atoms with Crippen LogP contribution < -0.4 is 4.74 Å². The summed E-state index contributed by atoms with van der Waals surface area (Å²) in [5, 5.41) is 46.2. The Morgan fingerprint density at radius 2 is 0.500 bits per heavy atom. The van der Waals surface area contributed by atoms with Gasteiger partial charge in [0.15, 0.2) is 34.7 Å². The molecule has 24 rings (SSSR count). The molecule has 0 spiro atoms. The number of aromatic amines is 6. The van der Waals surface area contributed by atoms with Gasteiger partial charge >= 0.3 is 0 Å². The Kier molecular flexibility index (Phi) is 27.3. The molecule has 0 fully saturated rings. The third-order valence-electron chi connectivity index (χ3n) is 33.0. The molecule has 20 heteroatoms. The number of nitrogens with zero attached hydrogens (tertiary/aromatic N) is 6. The van der Waals surface area contributed by atoms with Gasteiger partial charge in [-0.05, 0) is 215 Å². The number of hydrogen-bond donors (Lipinski definition) is 6. The van der Waals surface area contributed by atoms with Gasteiger partial charge in [0, 0.05) is 218 Å². The second kappa shape index (κ2) is 39.1. The van der Waals surface area contributed by atoms with Crippen LogP contribution in [0.25, 0.3) is 0 Å². The number of benzene rings is 6. The maximum atomic E-state index is 13.2. The average Bonchev–Trinajstić information content (AvgIpc) is 1.37. The molecule has 6 aromatic heterocycles. The van der Waals surface area contributed by atoms with Gasteiger partial charge in [0.05, 0.1) is 41.3 Å². The van der Waals surface area contributed by atoms with Crippen LogP contribution in [0.2, 0.25) is 0 Å². The second-order valence-corrected chi connectivity index (χ2v) is 49.5. The quantitative estimate of drug-likeness (QED) is 0.0772. The first kappa shape index (κ1) is 102. The smallest absolute Gasteiger partial charge is 0.160 e. The SMILES string of the molecule is COc1ccc(C2C3=C(Cc4n[nH]c(C)c42)CC(C)(C)CC3=O)cc1.CSc1ccccc1C1C2=C(Cc3n[nH]c(C)c31)CC(C)(C)CC2=O.Cc1cccc(C2C3=C(Cc4n[nH]c(C)c42)CC(C)(C)CC3=O)c1.Cc1ccccc1C1C2=C(Cc3n[nH]c(C)c31)CC(C)(C)CC2=O.Cc1ccccc1[C@@H]1C2=C(Cc3n[nH]c(C)c31)CC(C)(C)CC2=O.Cc1ccccc1[C@H]1C2=C(Cc3n[nH]c(C)c31)CC(C)(C)CC2=O. The number of thioether (sulfide) groups is 1. The number of rotatable bonds is 8. The predicted octanol–water partition coefficient (Wildman–Crippen LogP) is 26.5. The van der Waals surface area contributed by atoms with E-state index in [0.29, 0.717) is 73.2 Å². The number of fused-ring (bicyclic) bond motifs is 6. The lowest BCUT2D eigenvalue weighted by molar-refractivity contribution is -0.119. The Morgan fingerprint density at radius 1 is 0.267 bits per heavy atom. The van der Waals surface area contributed by atoms with Crippen molar-refractivity contribution >= 4 is 46.5 Å². The van der Waals surface area contributed by atoms with Gasteiger partial charge in [0.2, 0.25) is 0 Å². The van der Waals surface area contributed by atoms with Crippen molar-refractivity contribution in [3.63, 3.8) is 0 Å². The van der Waals surface area contributed by atoms with Crippen LogP contribution in [0.5, 0.6) is 5.75 Å². The van der Waals surface area contributed by atoms with Crippen molar-refractivity contribution in [3.05, 3.63) is 370 Å². The van der Waals surface area contributed by atoms with Crippen molar-refractivity contribution < 1.29 is 33.5 Å². The molecule has 0 saturated carbocycles. The fourth-order valence-electron chi connectivity index (χ4n) is 27.2. The molecule has 0 saturated heterocycles. The molecule has 0 aliphatic heterocycles. The van der Waals surface area contributed by atoms with Gasteiger partial charge in [-0.25, -0.2) is 0 Å². The number of Topliss-reactive ketones (excluding diaryl/α,β-unsaturated/α-hetero) is 6. The zero-order chi connectivity index (χ0) is 104. The van der Waals surface area contributed by atoms with Crippen molar-refractivity contribution in [1.29, 1.82) is 0 Å². The summed E-state index contributed by atoms with van der Waals surface area (Å²) in [6, 6.07) is 50.4. The number of carbonyl (C=O) groups is 6. The van der Waals surface area contributed by atoms with Crippen molar-refractivity contribution in [2.75, 3.05) is 13.4 Å². The molecule has 0 bridgehead atoms. The molecule has 6 heterocycles.